The van der Waals surface area contributed by atoms with E-state index in [9.17, 15) is 0 Å². The van der Waals surface area contributed by atoms with Gasteiger partial charge in [0, 0.05) is 18.1 Å². The predicted octanol–water partition coefficient (Wildman–Crippen LogP) is 4.15. The molecular weight excluding hydrogens is 242 g/mol. The molecule has 0 amide bonds. The minimum Gasteiger partial charge on any atom is -0.302 e. The number of hydrogen-bond donors (Lipinski definition) is 0. The van der Waals surface area contributed by atoms with Crippen LogP contribution in [-0.4, -0.2) is 25.0 Å². The molecule has 0 atom stereocenters. The van der Waals surface area contributed by atoms with Gasteiger partial charge in [0.1, 0.15) is 0 Å². The fourth-order valence-corrected chi connectivity index (χ4v) is 2.66. The number of benzene rings is 1. The second kappa shape index (κ2) is 5.90. The first-order chi connectivity index (χ1) is 8.56. The van der Waals surface area contributed by atoms with Gasteiger partial charge < -0.3 is 4.90 Å². The Hall–Kier alpha value is -0.790. The Morgan fingerprint density at radius 3 is 2.61 bits per heavy atom. The first-order valence-corrected chi connectivity index (χ1v) is 7.06. The van der Waals surface area contributed by atoms with Crippen LogP contribution >= 0.6 is 11.6 Å². The molecule has 2 rings (SSSR count). The Balaban J connectivity index is 2.00. The van der Waals surface area contributed by atoms with E-state index < -0.39 is 0 Å². The van der Waals surface area contributed by atoms with E-state index in [-0.39, 0.29) is 0 Å². The second-order valence-corrected chi connectivity index (χ2v) is 5.81. The smallest absolute Gasteiger partial charge is 0.0438 e. The zero-order valence-electron chi connectivity index (χ0n) is 11.6. The Morgan fingerprint density at radius 2 is 1.94 bits per heavy atom. The lowest BCUT2D eigenvalue weighted by Gasteiger charge is -2.22. The summed E-state index contributed by atoms with van der Waals surface area (Å²) < 4.78 is 0. The van der Waals surface area contributed by atoms with E-state index in [1.165, 1.54) is 36.1 Å². The molecule has 0 fully saturated rings. The molecule has 18 heavy (non-hydrogen) atoms. The Labute approximate surface area is 115 Å². The predicted molar refractivity (Wildman–Crippen MR) is 79.4 cm³/mol. The topological polar surface area (TPSA) is 3.24 Å². The van der Waals surface area contributed by atoms with Crippen molar-refractivity contribution in [2.24, 2.45) is 0 Å². The third-order valence-corrected chi connectivity index (χ3v) is 4.25. The average molecular weight is 264 g/mol. The maximum Gasteiger partial charge on any atom is 0.0438 e. The summed E-state index contributed by atoms with van der Waals surface area (Å²) in [5.41, 5.74) is 5.56. The molecule has 0 N–H and O–H groups in total. The molecule has 0 bridgehead atoms. The third-order valence-electron chi connectivity index (χ3n) is 3.84. The molecule has 1 nitrogen and oxygen atoms in total. The van der Waals surface area contributed by atoms with Crippen LogP contribution in [0, 0.1) is 13.8 Å². The summed E-state index contributed by atoms with van der Waals surface area (Å²) in [4.78, 5) is 2.36. The fraction of sp³-hybridized carbons (Fsp3) is 0.500. The lowest BCUT2D eigenvalue weighted by molar-refractivity contribution is 0.356. The number of likely N-dealkylation sites (N-methyl/N-ethyl adjacent to an activating group) is 1. The molecule has 0 aliphatic carbocycles. The maximum absolute atomic E-state index is 6.13. The summed E-state index contributed by atoms with van der Waals surface area (Å²) in [7, 11) is 2.18. The van der Waals surface area contributed by atoms with Crippen LogP contribution in [0.25, 0.3) is 0 Å². The number of rotatable bonds is 3. The van der Waals surface area contributed by atoms with Crippen molar-refractivity contribution in [1.29, 1.82) is 0 Å². The summed E-state index contributed by atoms with van der Waals surface area (Å²) in [5.74, 6) is 0. The largest absolute Gasteiger partial charge is 0.302 e. The molecule has 1 aromatic rings. The molecule has 0 unspecified atom stereocenters. The van der Waals surface area contributed by atoms with Gasteiger partial charge in [-0.05, 0) is 62.9 Å². The molecule has 1 aromatic carbocycles. The molecule has 0 spiro atoms. The van der Waals surface area contributed by atoms with Gasteiger partial charge in [0.25, 0.3) is 0 Å². The van der Waals surface area contributed by atoms with Crippen molar-refractivity contribution in [3.05, 3.63) is 45.5 Å². The minimum absolute atomic E-state index is 0.884. The van der Waals surface area contributed by atoms with Gasteiger partial charge in [0.05, 0.1) is 0 Å². The highest BCUT2D eigenvalue weighted by molar-refractivity contribution is 6.31. The average Bonchev–Trinajstić information content (AvgIpc) is 2.34. The van der Waals surface area contributed by atoms with E-state index in [4.69, 9.17) is 11.6 Å². The number of hydrogen-bond acceptors (Lipinski definition) is 1. The van der Waals surface area contributed by atoms with Crippen molar-refractivity contribution in [3.63, 3.8) is 0 Å². The van der Waals surface area contributed by atoms with E-state index in [0.29, 0.717) is 0 Å². The van der Waals surface area contributed by atoms with Crippen LogP contribution in [0.3, 0.4) is 0 Å². The van der Waals surface area contributed by atoms with E-state index in [0.717, 1.165) is 18.0 Å². The van der Waals surface area contributed by atoms with Gasteiger partial charge in [-0.2, -0.15) is 0 Å². The van der Waals surface area contributed by atoms with Crippen LogP contribution < -0.4 is 0 Å². The molecular formula is C16H22ClN. The maximum atomic E-state index is 6.13. The van der Waals surface area contributed by atoms with Gasteiger partial charge >= 0.3 is 0 Å². The Kier molecular flexibility index (Phi) is 4.47. The molecule has 1 heterocycles. The van der Waals surface area contributed by atoms with Crippen LogP contribution in [0.15, 0.2) is 23.8 Å². The van der Waals surface area contributed by atoms with Crippen LogP contribution in [0.4, 0.5) is 0 Å². The van der Waals surface area contributed by atoms with Crippen molar-refractivity contribution in [2.75, 3.05) is 20.1 Å². The normalized spacial score (nSPS) is 16.8. The summed E-state index contributed by atoms with van der Waals surface area (Å²) in [6, 6.07) is 4.34. The molecule has 0 aromatic heterocycles. The van der Waals surface area contributed by atoms with Gasteiger partial charge in [0.15, 0.2) is 0 Å². The Bertz CT molecular complexity index is 462. The highest BCUT2D eigenvalue weighted by atomic mass is 35.5. The standard InChI is InChI=1S/C16H22ClN/c1-12-11-16(17)13(2)10-15(12)5-4-14-6-8-18(3)9-7-14/h6,10-11H,4-5,7-9H2,1-3H3. The third kappa shape index (κ3) is 3.37. The number of halogens is 1. The van der Waals surface area contributed by atoms with Crippen LogP contribution in [0.5, 0.6) is 0 Å². The number of nitrogens with zero attached hydrogens (tertiary/aromatic N) is 1. The summed E-state index contributed by atoms with van der Waals surface area (Å²) in [6.07, 6.45) is 5.94. The van der Waals surface area contributed by atoms with Crippen molar-refractivity contribution in [2.45, 2.75) is 33.1 Å². The molecule has 98 valence electrons. The van der Waals surface area contributed by atoms with Crippen molar-refractivity contribution in [1.82, 2.24) is 4.90 Å². The van der Waals surface area contributed by atoms with Crippen molar-refractivity contribution < 1.29 is 0 Å². The lowest BCUT2D eigenvalue weighted by Crippen LogP contribution is -2.24. The quantitative estimate of drug-likeness (QED) is 0.741. The second-order valence-electron chi connectivity index (χ2n) is 5.40. The summed E-state index contributed by atoms with van der Waals surface area (Å²) in [5, 5.41) is 0.884. The van der Waals surface area contributed by atoms with Gasteiger partial charge in [-0.15, -0.1) is 0 Å². The van der Waals surface area contributed by atoms with Crippen LogP contribution in [0.1, 0.15) is 29.5 Å². The SMILES string of the molecule is Cc1cc(CCC2=CCN(C)CC2)c(C)cc1Cl. The Morgan fingerprint density at radius 1 is 1.17 bits per heavy atom. The van der Waals surface area contributed by atoms with Gasteiger partial charge in [-0.1, -0.05) is 29.3 Å². The molecule has 0 saturated carbocycles. The lowest BCUT2D eigenvalue weighted by atomic mass is 9.96. The highest BCUT2D eigenvalue weighted by Gasteiger charge is 2.09. The van der Waals surface area contributed by atoms with Crippen LogP contribution in [0.2, 0.25) is 5.02 Å². The molecule has 1 aliphatic rings. The van der Waals surface area contributed by atoms with E-state index in [1.807, 2.05) is 0 Å². The van der Waals surface area contributed by atoms with Crippen molar-refractivity contribution in [3.8, 4) is 0 Å². The highest BCUT2D eigenvalue weighted by Crippen LogP contribution is 2.23. The van der Waals surface area contributed by atoms with Gasteiger partial charge in [0.2, 0.25) is 0 Å². The zero-order valence-corrected chi connectivity index (χ0v) is 12.3. The molecule has 0 saturated heterocycles. The van der Waals surface area contributed by atoms with Gasteiger partial charge in [-0.3, -0.25) is 0 Å². The first kappa shape index (κ1) is 13.6. The molecule has 1 aliphatic heterocycles. The summed E-state index contributed by atoms with van der Waals surface area (Å²) in [6.45, 7) is 6.54. The van der Waals surface area contributed by atoms with E-state index in [2.05, 4.69) is 44.0 Å². The van der Waals surface area contributed by atoms with E-state index >= 15 is 0 Å². The zero-order chi connectivity index (χ0) is 13.1. The number of aryl methyl sites for hydroxylation is 3. The molecule has 2 heteroatoms. The van der Waals surface area contributed by atoms with Crippen LogP contribution in [-0.2, 0) is 6.42 Å². The van der Waals surface area contributed by atoms with E-state index in [1.54, 1.807) is 5.57 Å². The summed E-state index contributed by atoms with van der Waals surface area (Å²) >= 11 is 6.13. The first-order valence-electron chi connectivity index (χ1n) is 6.68. The monoisotopic (exact) mass is 263 g/mol. The fourth-order valence-electron chi connectivity index (χ4n) is 2.45. The van der Waals surface area contributed by atoms with Gasteiger partial charge in [-0.25, -0.2) is 0 Å². The molecule has 0 radical (unpaired) electrons. The minimum atomic E-state index is 0.884. The van der Waals surface area contributed by atoms with Crippen molar-refractivity contribution >= 4 is 11.6 Å².